The molecule has 0 N–H and O–H groups in total. The van der Waals surface area contributed by atoms with Gasteiger partial charge in [0.1, 0.15) is 6.61 Å². The summed E-state index contributed by atoms with van der Waals surface area (Å²) in [5.74, 6) is 0.112. The average molecular weight is 287 g/mol. The maximum atomic E-state index is 11.0. The molecule has 0 unspecified atom stereocenters. The van der Waals surface area contributed by atoms with Crippen molar-refractivity contribution in [1.82, 2.24) is 4.90 Å². The number of hydrogen-bond acceptors (Lipinski definition) is 4. The Morgan fingerprint density at radius 2 is 1.75 bits per heavy atom. The van der Waals surface area contributed by atoms with Gasteiger partial charge in [-0.3, -0.25) is 4.79 Å². The van der Waals surface area contributed by atoms with Crippen molar-refractivity contribution in [2.45, 2.75) is 58.8 Å². The van der Waals surface area contributed by atoms with Crippen LogP contribution >= 0.6 is 0 Å². The molecule has 2 saturated heterocycles. The van der Waals surface area contributed by atoms with Crippen LogP contribution in [0.3, 0.4) is 0 Å². The van der Waals surface area contributed by atoms with Crippen molar-refractivity contribution in [3.8, 4) is 0 Å². The van der Waals surface area contributed by atoms with E-state index < -0.39 is 0 Å². The van der Waals surface area contributed by atoms with Crippen LogP contribution in [-0.4, -0.2) is 62.0 Å². The molecule has 0 aromatic heterocycles. The number of nitrogens with zero attached hydrogens (tertiary/aromatic N) is 1. The van der Waals surface area contributed by atoms with E-state index in [4.69, 9.17) is 14.2 Å². The molecule has 0 spiro atoms. The fraction of sp³-hybridized carbons (Fsp3) is 0.933. The number of ether oxygens (including phenoxy) is 3. The molecule has 2 rings (SSSR count). The summed E-state index contributed by atoms with van der Waals surface area (Å²) in [6, 6.07) is 0.316. The number of amides is 1. The van der Waals surface area contributed by atoms with E-state index in [1.165, 1.54) is 0 Å². The zero-order chi connectivity index (χ0) is 15.0. The molecular formula is C15H29NO4. The predicted molar refractivity (Wildman–Crippen MR) is 77.7 cm³/mol. The number of carbonyl (C=O) groups is 1. The van der Waals surface area contributed by atoms with Crippen LogP contribution in [0.4, 0.5) is 0 Å². The Morgan fingerprint density at radius 1 is 1.10 bits per heavy atom. The zero-order valence-electron chi connectivity index (χ0n) is 13.3. The summed E-state index contributed by atoms with van der Waals surface area (Å²) < 4.78 is 15.8. The first-order chi connectivity index (χ1) is 9.50. The highest BCUT2D eigenvalue weighted by atomic mass is 16.5. The normalized spacial score (nSPS) is 21.1. The molecule has 2 aliphatic rings. The van der Waals surface area contributed by atoms with E-state index in [1.807, 2.05) is 18.7 Å². The highest BCUT2D eigenvalue weighted by molar-refractivity contribution is 5.78. The predicted octanol–water partition coefficient (Wildman–Crippen LogP) is 1.84. The first-order valence-corrected chi connectivity index (χ1v) is 7.61. The minimum Gasteiger partial charge on any atom is -0.381 e. The maximum absolute atomic E-state index is 11.0. The lowest BCUT2D eigenvalue weighted by Crippen LogP contribution is -2.45. The quantitative estimate of drug-likeness (QED) is 0.795. The van der Waals surface area contributed by atoms with Gasteiger partial charge in [-0.2, -0.15) is 0 Å². The van der Waals surface area contributed by atoms with E-state index in [-0.39, 0.29) is 12.5 Å². The third-order valence-corrected chi connectivity index (χ3v) is 3.28. The average Bonchev–Trinajstić information content (AvgIpc) is 2.40. The second-order valence-electron chi connectivity index (χ2n) is 5.73. The van der Waals surface area contributed by atoms with Crippen molar-refractivity contribution >= 4 is 5.91 Å². The third kappa shape index (κ3) is 6.68. The summed E-state index contributed by atoms with van der Waals surface area (Å²) in [5.41, 5.74) is 0. The van der Waals surface area contributed by atoms with Gasteiger partial charge >= 0.3 is 0 Å². The van der Waals surface area contributed by atoms with Crippen LogP contribution in [0.1, 0.15) is 40.5 Å². The first kappa shape index (κ1) is 17.4. The lowest BCUT2D eigenvalue weighted by atomic mass is 10.1. The van der Waals surface area contributed by atoms with Gasteiger partial charge < -0.3 is 19.1 Å². The van der Waals surface area contributed by atoms with Crippen molar-refractivity contribution in [3.05, 3.63) is 0 Å². The minimum atomic E-state index is 0.112. The molecule has 20 heavy (non-hydrogen) atoms. The van der Waals surface area contributed by atoms with Crippen LogP contribution in [0.2, 0.25) is 0 Å². The third-order valence-electron chi connectivity index (χ3n) is 3.28. The Hall–Kier alpha value is -0.650. The van der Waals surface area contributed by atoms with E-state index in [9.17, 15) is 4.79 Å². The molecule has 0 atom stereocenters. The zero-order valence-corrected chi connectivity index (χ0v) is 13.3. The van der Waals surface area contributed by atoms with Crippen molar-refractivity contribution in [1.29, 1.82) is 0 Å². The molecular weight excluding hydrogens is 258 g/mol. The standard InChI is InChI=1S/C8H16O2.C7H13NO2/c1-7(2)10-8-3-5-9-6-4-8;1-6(2)8-3-4-10-5-7(8)9/h7-8H,3-6H2,1-2H3;6H,3-5H2,1-2H3. The Kier molecular flexibility index (Phi) is 8.11. The summed E-state index contributed by atoms with van der Waals surface area (Å²) in [5, 5.41) is 0. The van der Waals surface area contributed by atoms with Gasteiger partial charge in [-0.25, -0.2) is 0 Å². The van der Waals surface area contributed by atoms with Gasteiger partial charge in [-0.15, -0.1) is 0 Å². The lowest BCUT2D eigenvalue weighted by molar-refractivity contribution is -0.144. The van der Waals surface area contributed by atoms with Crippen molar-refractivity contribution in [3.63, 3.8) is 0 Å². The first-order valence-electron chi connectivity index (χ1n) is 7.61. The monoisotopic (exact) mass is 287 g/mol. The van der Waals surface area contributed by atoms with E-state index in [2.05, 4.69) is 13.8 Å². The van der Waals surface area contributed by atoms with Crippen molar-refractivity contribution in [2.24, 2.45) is 0 Å². The Balaban J connectivity index is 0.000000200. The molecule has 5 heteroatoms. The van der Waals surface area contributed by atoms with Gasteiger partial charge in [0, 0.05) is 25.8 Å². The summed E-state index contributed by atoms with van der Waals surface area (Å²) in [4.78, 5) is 12.9. The molecule has 2 fully saturated rings. The van der Waals surface area contributed by atoms with Gasteiger partial charge in [0.05, 0.1) is 18.8 Å². The van der Waals surface area contributed by atoms with E-state index in [0.29, 0.717) is 24.9 Å². The summed E-state index contributed by atoms with van der Waals surface area (Å²) in [6.07, 6.45) is 2.95. The molecule has 0 bridgehead atoms. The molecule has 118 valence electrons. The number of morpholine rings is 1. The largest absolute Gasteiger partial charge is 0.381 e. The molecule has 2 aliphatic heterocycles. The van der Waals surface area contributed by atoms with Gasteiger partial charge in [0.15, 0.2) is 0 Å². The van der Waals surface area contributed by atoms with Gasteiger partial charge in [-0.1, -0.05) is 0 Å². The summed E-state index contributed by atoms with van der Waals surface area (Å²) in [7, 11) is 0. The number of hydrogen-bond donors (Lipinski definition) is 0. The SMILES string of the molecule is CC(C)N1CCOCC1=O.CC(C)OC1CCOCC1. The van der Waals surface area contributed by atoms with Crippen LogP contribution in [0.5, 0.6) is 0 Å². The molecule has 0 saturated carbocycles. The summed E-state index contributed by atoms with van der Waals surface area (Å²) in [6.45, 7) is 11.6. The number of rotatable bonds is 3. The van der Waals surface area contributed by atoms with Crippen molar-refractivity contribution in [2.75, 3.05) is 33.0 Å². The van der Waals surface area contributed by atoms with Crippen LogP contribution in [0.25, 0.3) is 0 Å². The van der Waals surface area contributed by atoms with Gasteiger partial charge in [0.2, 0.25) is 5.91 Å². The van der Waals surface area contributed by atoms with Crippen LogP contribution in [-0.2, 0) is 19.0 Å². The van der Waals surface area contributed by atoms with Crippen molar-refractivity contribution < 1.29 is 19.0 Å². The van der Waals surface area contributed by atoms with Gasteiger partial charge in [0.25, 0.3) is 0 Å². The molecule has 0 radical (unpaired) electrons. The Bertz CT molecular complexity index is 275. The van der Waals surface area contributed by atoms with Crippen LogP contribution in [0, 0.1) is 0 Å². The van der Waals surface area contributed by atoms with E-state index >= 15 is 0 Å². The summed E-state index contributed by atoms with van der Waals surface area (Å²) >= 11 is 0. The smallest absolute Gasteiger partial charge is 0.248 e. The second-order valence-corrected chi connectivity index (χ2v) is 5.73. The molecule has 0 aliphatic carbocycles. The molecule has 5 nitrogen and oxygen atoms in total. The molecule has 1 amide bonds. The second kappa shape index (κ2) is 9.32. The highest BCUT2D eigenvalue weighted by Gasteiger charge is 2.20. The fourth-order valence-corrected chi connectivity index (χ4v) is 2.27. The van der Waals surface area contributed by atoms with E-state index in [0.717, 1.165) is 32.6 Å². The van der Waals surface area contributed by atoms with Crippen LogP contribution < -0.4 is 0 Å². The topological polar surface area (TPSA) is 48.0 Å². The Labute approximate surface area is 122 Å². The fourth-order valence-electron chi connectivity index (χ4n) is 2.27. The number of carbonyl (C=O) groups excluding carboxylic acids is 1. The molecule has 2 heterocycles. The van der Waals surface area contributed by atoms with E-state index in [1.54, 1.807) is 0 Å². The maximum Gasteiger partial charge on any atom is 0.248 e. The van der Waals surface area contributed by atoms with Crippen LogP contribution in [0.15, 0.2) is 0 Å². The Morgan fingerprint density at radius 3 is 2.20 bits per heavy atom. The molecule has 0 aromatic rings. The molecule has 0 aromatic carbocycles. The lowest BCUT2D eigenvalue weighted by Gasteiger charge is -2.30. The van der Waals surface area contributed by atoms with Gasteiger partial charge in [-0.05, 0) is 40.5 Å². The highest BCUT2D eigenvalue weighted by Crippen LogP contribution is 2.12. The minimum absolute atomic E-state index is 0.112.